The Morgan fingerprint density at radius 1 is 1.40 bits per heavy atom. The lowest BCUT2D eigenvalue weighted by atomic mass is 9.78. The number of nitrogens with two attached hydrogens (primary N) is 1. The van der Waals surface area contributed by atoms with Crippen LogP contribution < -0.4 is 15.2 Å². The second-order valence-electron chi connectivity index (χ2n) is 5.00. The Bertz CT molecular complexity index is 474. The van der Waals surface area contributed by atoms with Gasteiger partial charge in [-0.05, 0) is 24.1 Å². The van der Waals surface area contributed by atoms with Gasteiger partial charge in [0.2, 0.25) is 0 Å². The molecule has 5 nitrogen and oxygen atoms in total. The van der Waals surface area contributed by atoms with Gasteiger partial charge in [0.15, 0.2) is 11.5 Å². The van der Waals surface area contributed by atoms with Gasteiger partial charge in [-0.3, -0.25) is 0 Å². The third-order valence-electron chi connectivity index (χ3n) is 3.92. The SMILES string of the molecule is COc1cc(Br)c(C(O)C2(CN)CCOC2)cc1OC. The molecule has 1 aromatic rings. The molecule has 0 aliphatic carbocycles. The number of aliphatic hydroxyl groups excluding tert-OH is 1. The molecule has 1 aliphatic heterocycles. The summed E-state index contributed by atoms with van der Waals surface area (Å²) in [5.74, 6) is 1.19. The van der Waals surface area contributed by atoms with E-state index in [4.69, 9.17) is 19.9 Å². The Balaban J connectivity index is 2.41. The van der Waals surface area contributed by atoms with Crippen molar-refractivity contribution in [3.63, 3.8) is 0 Å². The number of hydrogen-bond acceptors (Lipinski definition) is 5. The van der Waals surface area contributed by atoms with Gasteiger partial charge < -0.3 is 25.1 Å². The third kappa shape index (κ3) is 2.65. The van der Waals surface area contributed by atoms with Crippen LogP contribution in [0, 0.1) is 5.41 Å². The minimum atomic E-state index is -0.718. The van der Waals surface area contributed by atoms with Crippen LogP contribution in [0.3, 0.4) is 0 Å². The van der Waals surface area contributed by atoms with E-state index >= 15 is 0 Å². The molecule has 2 rings (SSSR count). The average Bonchev–Trinajstić information content (AvgIpc) is 2.96. The van der Waals surface area contributed by atoms with E-state index in [1.807, 2.05) is 0 Å². The number of rotatable bonds is 5. The Kier molecular flexibility index (Phi) is 4.90. The molecule has 0 bridgehead atoms. The van der Waals surface area contributed by atoms with Crippen molar-refractivity contribution in [3.8, 4) is 11.5 Å². The highest BCUT2D eigenvalue weighted by atomic mass is 79.9. The number of ether oxygens (including phenoxy) is 3. The van der Waals surface area contributed by atoms with Crippen molar-refractivity contribution in [1.29, 1.82) is 0 Å². The van der Waals surface area contributed by atoms with E-state index in [0.717, 1.165) is 16.5 Å². The molecular weight excluding hydrogens is 326 g/mol. The second kappa shape index (κ2) is 6.30. The summed E-state index contributed by atoms with van der Waals surface area (Å²) in [4.78, 5) is 0. The van der Waals surface area contributed by atoms with Crippen molar-refractivity contribution in [2.24, 2.45) is 11.1 Å². The molecule has 0 saturated carbocycles. The fourth-order valence-corrected chi connectivity index (χ4v) is 3.06. The third-order valence-corrected chi connectivity index (χ3v) is 4.60. The molecule has 1 saturated heterocycles. The lowest BCUT2D eigenvalue weighted by Crippen LogP contribution is -2.37. The maximum atomic E-state index is 10.7. The summed E-state index contributed by atoms with van der Waals surface area (Å²) in [5, 5.41) is 10.7. The molecule has 3 N–H and O–H groups in total. The molecule has 112 valence electrons. The van der Waals surface area contributed by atoms with Gasteiger partial charge in [-0.15, -0.1) is 0 Å². The fraction of sp³-hybridized carbons (Fsp3) is 0.571. The quantitative estimate of drug-likeness (QED) is 0.852. The molecule has 1 aromatic carbocycles. The number of halogens is 1. The number of benzene rings is 1. The topological polar surface area (TPSA) is 73.9 Å². The van der Waals surface area contributed by atoms with Crippen molar-refractivity contribution >= 4 is 15.9 Å². The first-order chi connectivity index (χ1) is 9.57. The Morgan fingerprint density at radius 2 is 2.05 bits per heavy atom. The Labute approximate surface area is 127 Å². The van der Waals surface area contributed by atoms with Crippen LogP contribution in [0.2, 0.25) is 0 Å². The zero-order chi connectivity index (χ0) is 14.8. The predicted molar refractivity (Wildman–Crippen MR) is 79.1 cm³/mol. The van der Waals surface area contributed by atoms with E-state index in [2.05, 4.69) is 15.9 Å². The average molecular weight is 346 g/mol. The molecule has 1 heterocycles. The van der Waals surface area contributed by atoms with Gasteiger partial charge in [-0.1, -0.05) is 15.9 Å². The minimum Gasteiger partial charge on any atom is -0.493 e. The van der Waals surface area contributed by atoms with Crippen molar-refractivity contribution in [2.45, 2.75) is 12.5 Å². The predicted octanol–water partition coefficient (Wildman–Crippen LogP) is 1.87. The van der Waals surface area contributed by atoms with Gasteiger partial charge in [-0.25, -0.2) is 0 Å². The molecule has 1 fully saturated rings. The van der Waals surface area contributed by atoms with Crippen LogP contribution in [-0.4, -0.2) is 39.1 Å². The second-order valence-corrected chi connectivity index (χ2v) is 5.85. The Hall–Kier alpha value is -0.820. The maximum absolute atomic E-state index is 10.7. The highest BCUT2D eigenvalue weighted by Gasteiger charge is 2.42. The summed E-state index contributed by atoms with van der Waals surface area (Å²) >= 11 is 3.48. The summed E-state index contributed by atoms with van der Waals surface area (Å²) < 4.78 is 16.7. The van der Waals surface area contributed by atoms with Crippen molar-refractivity contribution in [3.05, 3.63) is 22.2 Å². The van der Waals surface area contributed by atoms with E-state index in [1.165, 1.54) is 0 Å². The molecule has 0 aromatic heterocycles. The van der Waals surface area contributed by atoms with Crippen molar-refractivity contribution < 1.29 is 19.3 Å². The number of aliphatic hydroxyl groups is 1. The fourth-order valence-electron chi connectivity index (χ4n) is 2.52. The summed E-state index contributed by atoms with van der Waals surface area (Å²) in [6.07, 6.45) is 0.0232. The Morgan fingerprint density at radius 3 is 2.55 bits per heavy atom. The standard InChI is InChI=1S/C14H20BrNO4/c1-18-11-5-9(10(15)6-12(11)19-2)13(17)14(7-16)3-4-20-8-14/h5-6,13,17H,3-4,7-8,16H2,1-2H3. The zero-order valence-electron chi connectivity index (χ0n) is 11.7. The molecule has 20 heavy (non-hydrogen) atoms. The van der Waals surface area contributed by atoms with Crippen LogP contribution in [0.25, 0.3) is 0 Å². The molecule has 2 atom stereocenters. The van der Waals surface area contributed by atoms with Gasteiger partial charge >= 0.3 is 0 Å². The molecule has 0 radical (unpaired) electrons. The first-order valence-corrected chi connectivity index (χ1v) is 7.24. The smallest absolute Gasteiger partial charge is 0.161 e. The van der Waals surface area contributed by atoms with E-state index in [9.17, 15) is 5.11 Å². The monoisotopic (exact) mass is 345 g/mol. The molecule has 0 spiro atoms. The zero-order valence-corrected chi connectivity index (χ0v) is 13.3. The largest absolute Gasteiger partial charge is 0.493 e. The molecule has 0 amide bonds. The van der Waals surface area contributed by atoms with E-state index in [1.54, 1.807) is 26.4 Å². The summed E-state index contributed by atoms with van der Waals surface area (Å²) in [6, 6.07) is 3.57. The van der Waals surface area contributed by atoms with Crippen LogP contribution in [0.15, 0.2) is 16.6 Å². The van der Waals surface area contributed by atoms with Gasteiger partial charge in [0, 0.05) is 23.0 Å². The van der Waals surface area contributed by atoms with Gasteiger partial charge in [0.1, 0.15) is 0 Å². The first-order valence-electron chi connectivity index (χ1n) is 6.45. The van der Waals surface area contributed by atoms with Gasteiger partial charge in [0.25, 0.3) is 0 Å². The first kappa shape index (κ1) is 15.6. The van der Waals surface area contributed by atoms with Crippen LogP contribution in [0.5, 0.6) is 11.5 Å². The summed E-state index contributed by atoms with van der Waals surface area (Å²) in [5.41, 5.74) is 6.16. The minimum absolute atomic E-state index is 0.370. The normalized spacial score (nSPS) is 23.6. The highest BCUT2D eigenvalue weighted by Crippen LogP contribution is 2.45. The van der Waals surface area contributed by atoms with E-state index in [-0.39, 0.29) is 0 Å². The van der Waals surface area contributed by atoms with Crippen LogP contribution in [0.1, 0.15) is 18.1 Å². The molecule has 1 aliphatic rings. The number of methoxy groups -OCH3 is 2. The van der Waals surface area contributed by atoms with Crippen LogP contribution in [-0.2, 0) is 4.74 Å². The van der Waals surface area contributed by atoms with Crippen LogP contribution >= 0.6 is 15.9 Å². The lowest BCUT2D eigenvalue weighted by Gasteiger charge is -2.32. The lowest BCUT2D eigenvalue weighted by molar-refractivity contribution is 0.0184. The highest BCUT2D eigenvalue weighted by molar-refractivity contribution is 9.10. The van der Waals surface area contributed by atoms with E-state index < -0.39 is 11.5 Å². The van der Waals surface area contributed by atoms with Crippen LogP contribution in [0.4, 0.5) is 0 Å². The van der Waals surface area contributed by atoms with E-state index in [0.29, 0.717) is 31.3 Å². The molecular formula is C14H20BrNO4. The molecule has 6 heteroatoms. The van der Waals surface area contributed by atoms with Crippen molar-refractivity contribution in [1.82, 2.24) is 0 Å². The molecule has 2 unspecified atom stereocenters. The van der Waals surface area contributed by atoms with Crippen molar-refractivity contribution in [2.75, 3.05) is 34.0 Å². The summed E-state index contributed by atoms with van der Waals surface area (Å²) in [6.45, 7) is 1.46. The maximum Gasteiger partial charge on any atom is 0.161 e. The number of hydrogen-bond donors (Lipinski definition) is 2. The van der Waals surface area contributed by atoms with Gasteiger partial charge in [-0.2, -0.15) is 0 Å². The van der Waals surface area contributed by atoms with Gasteiger partial charge in [0.05, 0.1) is 26.9 Å². The summed E-state index contributed by atoms with van der Waals surface area (Å²) in [7, 11) is 3.14.